The van der Waals surface area contributed by atoms with E-state index < -0.39 is 0 Å². The molecule has 2 N–H and O–H groups in total. The molecule has 0 saturated heterocycles. The number of nitrogens with one attached hydrogen (secondary N) is 2. The standard InChI is InChI=1S/C7H8N4Se/c1-5-4-9-11-7(5)12-6-2-3-8-10-6/h2-4H,1H3,(H,8,10)(H,9,11). The van der Waals surface area contributed by atoms with E-state index in [4.69, 9.17) is 0 Å². The van der Waals surface area contributed by atoms with Crippen molar-refractivity contribution in [2.75, 3.05) is 0 Å². The molecule has 2 heterocycles. The summed E-state index contributed by atoms with van der Waals surface area (Å²) in [6.07, 6.45) is 3.61. The second-order valence-electron chi connectivity index (χ2n) is 2.41. The summed E-state index contributed by atoms with van der Waals surface area (Å²) in [4.78, 5) is 0. The maximum atomic E-state index is 3.96. The fraction of sp³-hybridized carbons (Fsp3) is 0.143. The molecule has 0 fully saturated rings. The van der Waals surface area contributed by atoms with Crippen molar-refractivity contribution >= 4 is 24.1 Å². The first-order valence-corrected chi connectivity index (χ1v) is 5.25. The number of rotatable bonds is 2. The molecule has 0 aromatic carbocycles. The van der Waals surface area contributed by atoms with E-state index in [1.54, 1.807) is 6.20 Å². The van der Waals surface area contributed by atoms with Crippen LogP contribution in [0.2, 0.25) is 0 Å². The zero-order chi connectivity index (χ0) is 8.39. The third-order valence-electron chi connectivity index (χ3n) is 1.47. The Bertz CT molecular complexity index is 351. The molecular weight excluding hydrogens is 219 g/mol. The summed E-state index contributed by atoms with van der Waals surface area (Å²) in [5, 5.41) is 13.8. The predicted octanol–water partition coefficient (Wildman–Crippen LogP) is -0.904. The fourth-order valence-electron chi connectivity index (χ4n) is 0.848. The summed E-state index contributed by atoms with van der Waals surface area (Å²) in [5.41, 5.74) is 1.21. The molecule has 62 valence electrons. The van der Waals surface area contributed by atoms with Crippen LogP contribution in [-0.2, 0) is 0 Å². The van der Waals surface area contributed by atoms with Crippen LogP contribution in [0.25, 0.3) is 0 Å². The van der Waals surface area contributed by atoms with Gasteiger partial charge in [0.15, 0.2) is 0 Å². The molecule has 4 nitrogen and oxygen atoms in total. The SMILES string of the molecule is Cc1cn[nH]c1[Se]c1ccn[nH]1. The van der Waals surface area contributed by atoms with Gasteiger partial charge in [0, 0.05) is 0 Å². The second kappa shape index (κ2) is 3.13. The molecule has 2 rings (SSSR count). The molecule has 0 spiro atoms. The molecule has 0 aliphatic carbocycles. The number of hydrogen-bond acceptors (Lipinski definition) is 2. The zero-order valence-electron chi connectivity index (χ0n) is 6.53. The van der Waals surface area contributed by atoms with Crippen LogP contribution in [0.5, 0.6) is 0 Å². The van der Waals surface area contributed by atoms with Crippen molar-refractivity contribution in [1.29, 1.82) is 0 Å². The first-order chi connectivity index (χ1) is 5.86. The topological polar surface area (TPSA) is 57.4 Å². The van der Waals surface area contributed by atoms with Gasteiger partial charge in [0.05, 0.1) is 0 Å². The van der Waals surface area contributed by atoms with Gasteiger partial charge in [-0.05, 0) is 0 Å². The Hall–Kier alpha value is -1.06. The Kier molecular flexibility index (Phi) is 1.98. The van der Waals surface area contributed by atoms with E-state index in [2.05, 4.69) is 27.3 Å². The third-order valence-corrected chi connectivity index (χ3v) is 3.70. The average molecular weight is 227 g/mol. The Balaban J connectivity index is 2.20. The molecule has 0 aliphatic heterocycles. The van der Waals surface area contributed by atoms with Gasteiger partial charge < -0.3 is 0 Å². The van der Waals surface area contributed by atoms with Crippen LogP contribution < -0.4 is 9.18 Å². The molecule has 0 unspecified atom stereocenters. The van der Waals surface area contributed by atoms with Crippen LogP contribution in [0.4, 0.5) is 0 Å². The van der Waals surface area contributed by atoms with Crippen molar-refractivity contribution in [3.05, 3.63) is 24.0 Å². The van der Waals surface area contributed by atoms with Gasteiger partial charge in [0.2, 0.25) is 0 Å². The van der Waals surface area contributed by atoms with Crippen molar-refractivity contribution in [2.24, 2.45) is 0 Å². The van der Waals surface area contributed by atoms with Gasteiger partial charge in [0.25, 0.3) is 0 Å². The summed E-state index contributed by atoms with van der Waals surface area (Å²) in [5.74, 6) is 0. The number of aryl methyl sites for hydroxylation is 1. The molecule has 5 heteroatoms. The van der Waals surface area contributed by atoms with Gasteiger partial charge >= 0.3 is 75.5 Å². The van der Waals surface area contributed by atoms with Gasteiger partial charge in [0.1, 0.15) is 0 Å². The van der Waals surface area contributed by atoms with Gasteiger partial charge in [-0.1, -0.05) is 0 Å². The molecule has 0 radical (unpaired) electrons. The van der Waals surface area contributed by atoms with Crippen molar-refractivity contribution in [2.45, 2.75) is 6.92 Å². The van der Waals surface area contributed by atoms with E-state index in [-0.39, 0.29) is 15.0 Å². The van der Waals surface area contributed by atoms with E-state index in [9.17, 15) is 0 Å². The van der Waals surface area contributed by atoms with Gasteiger partial charge in [-0.3, -0.25) is 0 Å². The van der Waals surface area contributed by atoms with Crippen molar-refractivity contribution in [1.82, 2.24) is 20.4 Å². The van der Waals surface area contributed by atoms with Crippen molar-refractivity contribution in [3.8, 4) is 0 Å². The van der Waals surface area contributed by atoms with E-state index >= 15 is 0 Å². The summed E-state index contributed by atoms with van der Waals surface area (Å²) in [6, 6.07) is 1.99. The first kappa shape index (κ1) is 7.58. The Morgan fingerprint density at radius 3 is 2.83 bits per heavy atom. The minimum atomic E-state index is 0.275. The Morgan fingerprint density at radius 2 is 2.25 bits per heavy atom. The molecule has 12 heavy (non-hydrogen) atoms. The molecule has 0 amide bonds. The quantitative estimate of drug-likeness (QED) is 0.653. The molecule has 0 bridgehead atoms. The first-order valence-electron chi connectivity index (χ1n) is 3.53. The molecule has 2 aromatic rings. The van der Waals surface area contributed by atoms with Crippen molar-refractivity contribution in [3.63, 3.8) is 0 Å². The zero-order valence-corrected chi connectivity index (χ0v) is 8.25. The van der Waals surface area contributed by atoms with Gasteiger partial charge in [-0.2, -0.15) is 0 Å². The van der Waals surface area contributed by atoms with Crippen LogP contribution in [-0.4, -0.2) is 35.4 Å². The van der Waals surface area contributed by atoms with Crippen LogP contribution >= 0.6 is 0 Å². The Morgan fingerprint density at radius 1 is 1.33 bits per heavy atom. The fourth-order valence-corrected chi connectivity index (χ4v) is 2.44. The molecular formula is C7H8N4Se. The predicted molar refractivity (Wildman–Crippen MR) is 46.9 cm³/mol. The minimum absolute atomic E-state index is 0.275. The number of aromatic nitrogens is 4. The Labute approximate surface area is 75.9 Å². The van der Waals surface area contributed by atoms with Gasteiger partial charge in [-0.15, -0.1) is 0 Å². The average Bonchev–Trinajstić information content (AvgIpc) is 2.65. The molecule has 0 aliphatic rings. The van der Waals surface area contributed by atoms with Gasteiger partial charge in [-0.25, -0.2) is 0 Å². The summed E-state index contributed by atoms with van der Waals surface area (Å²) in [7, 11) is 0. The number of nitrogens with zero attached hydrogens (tertiary/aromatic N) is 2. The number of hydrogen-bond donors (Lipinski definition) is 2. The van der Waals surface area contributed by atoms with E-state index in [0.717, 1.165) is 4.59 Å². The van der Waals surface area contributed by atoms with Crippen molar-refractivity contribution < 1.29 is 0 Å². The molecule has 2 aromatic heterocycles. The van der Waals surface area contributed by atoms with E-state index in [1.807, 2.05) is 12.3 Å². The normalized spacial score (nSPS) is 10.4. The maximum absolute atomic E-state index is 3.96. The second-order valence-corrected chi connectivity index (χ2v) is 4.61. The summed E-state index contributed by atoms with van der Waals surface area (Å²) >= 11 is 0.275. The van der Waals surface area contributed by atoms with Crippen LogP contribution in [0.1, 0.15) is 5.56 Å². The third kappa shape index (κ3) is 1.42. The van der Waals surface area contributed by atoms with E-state index in [1.165, 1.54) is 10.2 Å². The molecule has 0 atom stereocenters. The summed E-state index contributed by atoms with van der Waals surface area (Å²) in [6.45, 7) is 2.05. The van der Waals surface area contributed by atoms with Crippen LogP contribution in [0.15, 0.2) is 18.5 Å². The van der Waals surface area contributed by atoms with Crippen LogP contribution in [0.3, 0.4) is 0 Å². The summed E-state index contributed by atoms with van der Waals surface area (Å²) < 4.78 is 2.36. The molecule has 0 saturated carbocycles. The number of aromatic amines is 2. The number of H-pyrrole nitrogens is 2. The van der Waals surface area contributed by atoms with Crippen LogP contribution in [0, 0.1) is 6.92 Å². The van der Waals surface area contributed by atoms with E-state index in [0.29, 0.717) is 0 Å². The monoisotopic (exact) mass is 228 g/mol.